The van der Waals surface area contributed by atoms with Crippen molar-refractivity contribution < 1.29 is 9.53 Å². The molecule has 0 bridgehead atoms. The third-order valence-corrected chi connectivity index (χ3v) is 2.50. The number of methoxy groups -OCH3 is 1. The standard InChI is InChI=1S/C10H12Cl2N2O2/c1-14(6-9(15)16-2)5-7-3-4-8(11)13-10(7)12/h3-4H,5-6H2,1-2H3. The number of likely N-dealkylation sites (N-methyl/N-ethyl adjacent to an activating group) is 1. The number of hydrogen-bond acceptors (Lipinski definition) is 4. The molecule has 1 aromatic rings. The number of carbonyl (C=O) groups is 1. The van der Waals surface area contributed by atoms with Crippen molar-refractivity contribution in [3.05, 3.63) is 28.0 Å². The lowest BCUT2D eigenvalue weighted by molar-refractivity contribution is -0.141. The Morgan fingerprint density at radius 3 is 2.75 bits per heavy atom. The minimum Gasteiger partial charge on any atom is -0.468 e. The average Bonchev–Trinajstić information content (AvgIpc) is 2.22. The molecule has 0 saturated heterocycles. The van der Waals surface area contributed by atoms with Gasteiger partial charge in [-0.25, -0.2) is 4.98 Å². The van der Waals surface area contributed by atoms with Crippen molar-refractivity contribution in [2.24, 2.45) is 0 Å². The summed E-state index contributed by atoms with van der Waals surface area (Å²) in [6.07, 6.45) is 0. The molecule has 0 atom stereocenters. The summed E-state index contributed by atoms with van der Waals surface area (Å²) in [5.74, 6) is -0.291. The fourth-order valence-corrected chi connectivity index (χ4v) is 1.60. The van der Waals surface area contributed by atoms with Crippen molar-refractivity contribution in [3.63, 3.8) is 0 Å². The van der Waals surface area contributed by atoms with Crippen LogP contribution in [0.5, 0.6) is 0 Å². The van der Waals surface area contributed by atoms with Crippen LogP contribution in [0.15, 0.2) is 12.1 Å². The predicted octanol–water partition coefficient (Wildman–Crippen LogP) is 1.99. The van der Waals surface area contributed by atoms with Gasteiger partial charge >= 0.3 is 5.97 Å². The lowest BCUT2D eigenvalue weighted by Gasteiger charge is -2.15. The van der Waals surface area contributed by atoms with Crippen LogP contribution in [0.1, 0.15) is 5.56 Å². The molecule has 0 spiro atoms. The third kappa shape index (κ3) is 3.96. The molecule has 0 fully saturated rings. The van der Waals surface area contributed by atoms with Crippen LogP contribution >= 0.6 is 23.2 Å². The Morgan fingerprint density at radius 2 is 2.19 bits per heavy atom. The van der Waals surface area contributed by atoms with Gasteiger partial charge < -0.3 is 4.74 Å². The van der Waals surface area contributed by atoms with E-state index in [1.165, 1.54) is 7.11 Å². The molecule has 0 amide bonds. The van der Waals surface area contributed by atoms with Gasteiger partial charge in [-0.05, 0) is 13.1 Å². The Morgan fingerprint density at radius 1 is 1.50 bits per heavy atom. The number of nitrogens with zero attached hydrogens (tertiary/aromatic N) is 2. The fourth-order valence-electron chi connectivity index (χ4n) is 1.19. The van der Waals surface area contributed by atoms with Gasteiger partial charge in [0, 0.05) is 12.1 Å². The average molecular weight is 263 g/mol. The summed E-state index contributed by atoms with van der Waals surface area (Å²) in [6, 6.07) is 3.44. The van der Waals surface area contributed by atoms with E-state index >= 15 is 0 Å². The van der Waals surface area contributed by atoms with Crippen molar-refractivity contribution in [2.45, 2.75) is 6.54 Å². The smallest absolute Gasteiger partial charge is 0.319 e. The lowest BCUT2D eigenvalue weighted by atomic mass is 10.2. The van der Waals surface area contributed by atoms with Crippen LogP contribution in [-0.2, 0) is 16.1 Å². The van der Waals surface area contributed by atoms with E-state index in [1.54, 1.807) is 24.1 Å². The van der Waals surface area contributed by atoms with Gasteiger partial charge in [0.1, 0.15) is 10.3 Å². The van der Waals surface area contributed by atoms with Crippen LogP contribution in [0.3, 0.4) is 0 Å². The summed E-state index contributed by atoms with van der Waals surface area (Å²) in [7, 11) is 3.15. The fraction of sp³-hybridized carbons (Fsp3) is 0.400. The molecule has 0 saturated carbocycles. The van der Waals surface area contributed by atoms with Crippen molar-refractivity contribution in [1.29, 1.82) is 0 Å². The predicted molar refractivity (Wildman–Crippen MR) is 62.6 cm³/mol. The highest BCUT2D eigenvalue weighted by molar-refractivity contribution is 6.32. The summed E-state index contributed by atoms with van der Waals surface area (Å²) in [5.41, 5.74) is 0.817. The van der Waals surface area contributed by atoms with Gasteiger partial charge in [0.05, 0.1) is 13.7 Å². The second-order valence-electron chi connectivity index (χ2n) is 3.33. The Hall–Kier alpha value is -0.840. The van der Waals surface area contributed by atoms with E-state index in [1.807, 2.05) is 0 Å². The van der Waals surface area contributed by atoms with Gasteiger partial charge in [0.25, 0.3) is 0 Å². The highest BCUT2D eigenvalue weighted by Crippen LogP contribution is 2.17. The van der Waals surface area contributed by atoms with E-state index in [0.717, 1.165) is 5.56 Å². The summed E-state index contributed by atoms with van der Waals surface area (Å²) < 4.78 is 4.56. The monoisotopic (exact) mass is 262 g/mol. The zero-order chi connectivity index (χ0) is 12.1. The number of esters is 1. The largest absolute Gasteiger partial charge is 0.468 e. The maximum absolute atomic E-state index is 11.0. The van der Waals surface area contributed by atoms with Crippen molar-refractivity contribution in [2.75, 3.05) is 20.7 Å². The molecule has 0 radical (unpaired) electrons. The molecule has 88 valence electrons. The third-order valence-electron chi connectivity index (χ3n) is 1.96. The van der Waals surface area contributed by atoms with Gasteiger partial charge in [-0.2, -0.15) is 0 Å². The summed E-state index contributed by atoms with van der Waals surface area (Å²) >= 11 is 11.6. The van der Waals surface area contributed by atoms with Gasteiger partial charge in [-0.1, -0.05) is 29.3 Å². The summed E-state index contributed by atoms with van der Waals surface area (Å²) in [5, 5.41) is 0.702. The number of hydrogen-bond donors (Lipinski definition) is 0. The topological polar surface area (TPSA) is 42.4 Å². The molecule has 1 aromatic heterocycles. The molecular formula is C10H12Cl2N2O2. The van der Waals surface area contributed by atoms with Crippen LogP contribution in [0, 0.1) is 0 Å². The Balaban J connectivity index is 2.62. The normalized spacial score (nSPS) is 10.6. The van der Waals surface area contributed by atoms with Crippen molar-refractivity contribution in [1.82, 2.24) is 9.88 Å². The second kappa shape index (κ2) is 6.03. The Labute approximate surface area is 104 Å². The summed E-state index contributed by atoms with van der Waals surface area (Å²) in [6.45, 7) is 0.716. The van der Waals surface area contributed by atoms with Gasteiger partial charge in [-0.15, -0.1) is 0 Å². The highest BCUT2D eigenvalue weighted by Gasteiger charge is 2.09. The van der Waals surface area contributed by atoms with E-state index in [-0.39, 0.29) is 12.5 Å². The maximum atomic E-state index is 11.0. The molecule has 6 heteroatoms. The lowest BCUT2D eigenvalue weighted by Crippen LogP contribution is -2.26. The molecule has 0 aliphatic heterocycles. The quantitative estimate of drug-likeness (QED) is 0.615. The minimum absolute atomic E-state index is 0.204. The van der Waals surface area contributed by atoms with Crippen LogP contribution in [0.25, 0.3) is 0 Å². The molecular weight excluding hydrogens is 251 g/mol. The minimum atomic E-state index is -0.291. The molecule has 0 unspecified atom stereocenters. The zero-order valence-electron chi connectivity index (χ0n) is 9.04. The first-order chi connectivity index (χ1) is 7.52. The number of pyridine rings is 1. The molecule has 0 aliphatic rings. The highest BCUT2D eigenvalue weighted by atomic mass is 35.5. The molecule has 1 heterocycles. The SMILES string of the molecule is COC(=O)CN(C)Cc1ccc(Cl)nc1Cl. The first kappa shape index (κ1) is 13.2. The molecule has 0 aliphatic carbocycles. The van der Waals surface area contributed by atoms with Crippen LogP contribution in [0.4, 0.5) is 0 Å². The number of aromatic nitrogens is 1. The van der Waals surface area contributed by atoms with Gasteiger partial charge in [0.15, 0.2) is 0 Å². The first-order valence-electron chi connectivity index (χ1n) is 4.59. The van der Waals surface area contributed by atoms with E-state index < -0.39 is 0 Å². The zero-order valence-corrected chi connectivity index (χ0v) is 10.5. The van der Waals surface area contributed by atoms with E-state index in [0.29, 0.717) is 16.9 Å². The molecule has 0 N–H and O–H groups in total. The van der Waals surface area contributed by atoms with Crippen LogP contribution in [0.2, 0.25) is 10.3 Å². The maximum Gasteiger partial charge on any atom is 0.319 e. The first-order valence-corrected chi connectivity index (χ1v) is 5.35. The van der Waals surface area contributed by atoms with Crippen molar-refractivity contribution in [3.8, 4) is 0 Å². The van der Waals surface area contributed by atoms with Crippen molar-refractivity contribution >= 4 is 29.2 Å². The van der Waals surface area contributed by atoms with Gasteiger partial charge in [-0.3, -0.25) is 9.69 Å². The number of rotatable bonds is 4. The number of ether oxygens (including phenoxy) is 1. The Bertz CT molecular complexity index is 385. The molecule has 1 rings (SSSR count). The van der Waals surface area contributed by atoms with Crippen LogP contribution in [-0.4, -0.2) is 36.6 Å². The molecule has 0 aromatic carbocycles. The van der Waals surface area contributed by atoms with E-state index in [2.05, 4.69) is 9.72 Å². The van der Waals surface area contributed by atoms with Crippen LogP contribution < -0.4 is 0 Å². The Kier molecular flexibility index (Phi) is 4.99. The number of halogens is 2. The summed E-state index contributed by atoms with van der Waals surface area (Å²) in [4.78, 5) is 16.7. The number of carbonyl (C=O) groups excluding carboxylic acids is 1. The van der Waals surface area contributed by atoms with E-state index in [9.17, 15) is 4.79 Å². The van der Waals surface area contributed by atoms with Gasteiger partial charge in [0.2, 0.25) is 0 Å². The van der Waals surface area contributed by atoms with E-state index in [4.69, 9.17) is 23.2 Å². The molecule has 4 nitrogen and oxygen atoms in total. The second-order valence-corrected chi connectivity index (χ2v) is 4.08. The molecule has 16 heavy (non-hydrogen) atoms.